The summed E-state index contributed by atoms with van der Waals surface area (Å²) in [7, 11) is 3.64. The van der Waals surface area contributed by atoms with E-state index in [-0.39, 0.29) is 0 Å². The molecule has 2 aromatic heterocycles. The van der Waals surface area contributed by atoms with Crippen molar-refractivity contribution in [2.24, 2.45) is 0 Å². The average molecular weight is 217 g/mol. The average Bonchev–Trinajstić information content (AvgIpc) is 2.26. The number of hydrogen-bond donors (Lipinski definition) is 2. The normalized spacial score (nSPS) is 10.5. The molecule has 0 unspecified atom stereocenters. The molecule has 0 atom stereocenters. The summed E-state index contributed by atoms with van der Waals surface area (Å²) in [5, 5.41) is 6.98. The Balaban J connectivity index is 2.83. The monoisotopic (exact) mass is 217 g/mol. The van der Waals surface area contributed by atoms with Gasteiger partial charge in [0, 0.05) is 19.8 Å². The lowest BCUT2D eigenvalue weighted by Gasteiger charge is -2.09. The van der Waals surface area contributed by atoms with Crippen LogP contribution >= 0.6 is 0 Å². The van der Waals surface area contributed by atoms with E-state index in [0.29, 0.717) is 5.95 Å². The number of aryl methyl sites for hydroxylation is 2. The first-order valence-corrected chi connectivity index (χ1v) is 5.17. The topological polar surface area (TPSA) is 62.7 Å². The molecule has 0 aromatic carbocycles. The van der Waals surface area contributed by atoms with Gasteiger partial charge in [0.25, 0.3) is 0 Å². The maximum atomic E-state index is 4.42. The van der Waals surface area contributed by atoms with Crippen LogP contribution in [0.3, 0.4) is 0 Å². The predicted octanol–water partition coefficient (Wildman–Crippen LogP) is 1.73. The molecule has 0 aliphatic carbocycles. The minimum Gasteiger partial charge on any atom is -0.372 e. The fraction of sp³-hybridized carbons (Fsp3) is 0.364. The number of hydrogen-bond acceptors (Lipinski definition) is 5. The van der Waals surface area contributed by atoms with E-state index in [1.54, 1.807) is 7.05 Å². The largest absolute Gasteiger partial charge is 0.372 e. The lowest BCUT2D eigenvalue weighted by molar-refractivity contribution is 1.13. The number of anilines is 2. The number of nitrogens with zero attached hydrogens (tertiary/aromatic N) is 3. The Bertz CT molecular complexity index is 535. The number of nitrogens with one attached hydrogen (secondary N) is 2. The zero-order valence-corrected chi connectivity index (χ0v) is 9.92. The van der Waals surface area contributed by atoms with E-state index in [1.807, 2.05) is 27.0 Å². The zero-order chi connectivity index (χ0) is 11.7. The third kappa shape index (κ3) is 1.64. The molecule has 0 fully saturated rings. The first kappa shape index (κ1) is 10.6. The van der Waals surface area contributed by atoms with Crippen LogP contribution in [0.15, 0.2) is 6.07 Å². The molecule has 0 bridgehead atoms. The minimum atomic E-state index is 0.578. The second kappa shape index (κ2) is 3.92. The van der Waals surface area contributed by atoms with Crippen molar-refractivity contribution >= 4 is 22.8 Å². The van der Waals surface area contributed by atoms with Crippen LogP contribution in [-0.4, -0.2) is 29.0 Å². The first-order valence-electron chi connectivity index (χ1n) is 5.17. The first-order chi connectivity index (χ1) is 7.65. The fourth-order valence-corrected chi connectivity index (χ4v) is 1.77. The molecule has 16 heavy (non-hydrogen) atoms. The van der Waals surface area contributed by atoms with Crippen LogP contribution in [-0.2, 0) is 0 Å². The third-order valence-electron chi connectivity index (χ3n) is 2.45. The van der Waals surface area contributed by atoms with Gasteiger partial charge in [-0.15, -0.1) is 0 Å². The molecule has 84 valence electrons. The summed E-state index contributed by atoms with van der Waals surface area (Å²) in [5.41, 5.74) is 2.82. The molecular formula is C11H15N5. The van der Waals surface area contributed by atoms with Gasteiger partial charge in [-0.1, -0.05) is 0 Å². The van der Waals surface area contributed by atoms with Crippen molar-refractivity contribution in [3.05, 3.63) is 17.3 Å². The van der Waals surface area contributed by atoms with Gasteiger partial charge < -0.3 is 10.6 Å². The zero-order valence-electron chi connectivity index (χ0n) is 9.92. The molecule has 5 nitrogen and oxygen atoms in total. The second-order valence-electron chi connectivity index (χ2n) is 3.67. The maximum Gasteiger partial charge on any atom is 0.226 e. The minimum absolute atomic E-state index is 0.578. The number of aromatic nitrogens is 3. The van der Waals surface area contributed by atoms with Crippen molar-refractivity contribution in [3.8, 4) is 0 Å². The smallest absolute Gasteiger partial charge is 0.226 e. The molecule has 0 amide bonds. The molecule has 5 heteroatoms. The van der Waals surface area contributed by atoms with Crippen LogP contribution in [0.4, 0.5) is 11.8 Å². The molecule has 2 aromatic rings. The van der Waals surface area contributed by atoms with Crippen molar-refractivity contribution in [2.75, 3.05) is 24.7 Å². The highest BCUT2D eigenvalue weighted by Gasteiger charge is 2.09. The van der Waals surface area contributed by atoms with Crippen molar-refractivity contribution in [2.45, 2.75) is 13.8 Å². The quantitative estimate of drug-likeness (QED) is 0.802. The molecule has 0 saturated heterocycles. The SMILES string of the molecule is CNc1nc(NC)c2c(C)cc(C)nc2n1. The molecule has 2 rings (SSSR count). The standard InChI is InChI=1S/C11H15N5/c1-6-5-7(2)14-10-8(6)9(12-3)15-11(13-4)16-10/h5H,1-4H3,(H2,12,13,14,15,16). The van der Waals surface area contributed by atoms with E-state index >= 15 is 0 Å². The van der Waals surface area contributed by atoms with Crippen molar-refractivity contribution in [1.82, 2.24) is 15.0 Å². The summed E-state index contributed by atoms with van der Waals surface area (Å²) < 4.78 is 0. The van der Waals surface area contributed by atoms with E-state index in [0.717, 1.165) is 28.1 Å². The van der Waals surface area contributed by atoms with Crippen LogP contribution in [0.5, 0.6) is 0 Å². The van der Waals surface area contributed by atoms with E-state index < -0.39 is 0 Å². The number of pyridine rings is 1. The van der Waals surface area contributed by atoms with Gasteiger partial charge in [-0.2, -0.15) is 9.97 Å². The van der Waals surface area contributed by atoms with Gasteiger partial charge in [0.2, 0.25) is 5.95 Å². The van der Waals surface area contributed by atoms with Gasteiger partial charge in [0.15, 0.2) is 5.65 Å². The predicted molar refractivity (Wildman–Crippen MR) is 65.9 cm³/mol. The Hall–Kier alpha value is -1.91. The molecule has 0 aliphatic rings. The maximum absolute atomic E-state index is 4.42. The van der Waals surface area contributed by atoms with E-state index in [9.17, 15) is 0 Å². The third-order valence-corrected chi connectivity index (χ3v) is 2.45. The van der Waals surface area contributed by atoms with Gasteiger partial charge in [-0.25, -0.2) is 4.98 Å². The Morgan fingerprint density at radius 2 is 1.75 bits per heavy atom. The fourth-order valence-electron chi connectivity index (χ4n) is 1.77. The van der Waals surface area contributed by atoms with E-state index in [2.05, 4.69) is 25.6 Å². The van der Waals surface area contributed by atoms with Gasteiger partial charge >= 0.3 is 0 Å². The van der Waals surface area contributed by atoms with Crippen LogP contribution in [0.2, 0.25) is 0 Å². The molecule has 0 saturated carbocycles. The Morgan fingerprint density at radius 1 is 1.00 bits per heavy atom. The summed E-state index contributed by atoms with van der Waals surface area (Å²) in [4.78, 5) is 13.1. The molecule has 2 N–H and O–H groups in total. The van der Waals surface area contributed by atoms with Gasteiger partial charge in [0.1, 0.15) is 5.82 Å². The van der Waals surface area contributed by atoms with Gasteiger partial charge in [-0.3, -0.25) is 0 Å². The van der Waals surface area contributed by atoms with Crippen LogP contribution in [0.1, 0.15) is 11.3 Å². The molecule has 2 heterocycles. The summed E-state index contributed by atoms with van der Waals surface area (Å²) >= 11 is 0. The molecule has 0 radical (unpaired) electrons. The van der Waals surface area contributed by atoms with Crippen molar-refractivity contribution < 1.29 is 0 Å². The molecular weight excluding hydrogens is 202 g/mol. The van der Waals surface area contributed by atoms with Gasteiger partial charge in [-0.05, 0) is 25.5 Å². The molecule has 0 spiro atoms. The van der Waals surface area contributed by atoms with Crippen molar-refractivity contribution in [3.63, 3.8) is 0 Å². The van der Waals surface area contributed by atoms with Crippen LogP contribution < -0.4 is 10.6 Å². The highest BCUT2D eigenvalue weighted by molar-refractivity contribution is 5.90. The lowest BCUT2D eigenvalue weighted by atomic mass is 10.1. The number of fused-ring (bicyclic) bond motifs is 1. The van der Waals surface area contributed by atoms with E-state index in [4.69, 9.17) is 0 Å². The lowest BCUT2D eigenvalue weighted by Crippen LogP contribution is -2.04. The highest BCUT2D eigenvalue weighted by atomic mass is 15.1. The summed E-state index contributed by atoms with van der Waals surface area (Å²) in [6.45, 7) is 4.01. The second-order valence-corrected chi connectivity index (χ2v) is 3.67. The van der Waals surface area contributed by atoms with Crippen molar-refractivity contribution in [1.29, 1.82) is 0 Å². The molecule has 0 aliphatic heterocycles. The Kier molecular flexibility index (Phi) is 2.60. The summed E-state index contributed by atoms with van der Waals surface area (Å²) in [5.74, 6) is 1.38. The van der Waals surface area contributed by atoms with E-state index in [1.165, 1.54) is 0 Å². The highest BCUT2D eigenvalue weighted by Crippen LogP contribution is 2.24. The Labute approximate surface area is 94.3 Å². The van der Waals surface area contributed by atoms with Gasteiger partial charge in [0.05, 0.1) is 5.39 Å². The van der Waals surface area contributed by atoms with Crippen LogP contribution in [0.25, 0.3) is 11.0 Å². The number of rotatable bonds is 2. The summed E-state index contributed by atoms with van der Waals surface area (Å²) in [6, 6.07) is 2.03. The summed E-state index contributed by atoms with van der Waals surface area (Å²) in [6.07, 6.45) is 0. The Morgan fingerprint density at radius 3 is 2.38 bits per heavy atom. The van der Waals surface area contributed by atoms with Crippen LogP contribution in [0, 0.1) is 13.8 Å².